The molecule has 70 valence electrons. The van der Waals surface area contributed by atoms with Crippen LogP contribution >= 0.6 is 12.2 Å². The fourth-order valence-electron chi connectivity index (χ4n) is 0.865. The first-order chi connectivity index (χ1) is 5.63. The van der Waals surface area contributed by atoms with E-state index in [1.807, 2.05) is 6.92 Å². The van der Waals surface area contributed by atoms with E-state index >= 15 is 0 Å². The van der Waals surface area contributed by atoms with E-state index in [0.717, 1.165) is 30.8 Å². The summed E-state index contributed by atoms with van der Waals surface area (Å²) in [6, 6.07) is 0. The second-order valence-electron chi connectivity index (χ2n) is 2.76. The van der Waals surface area contributed by atoms with Gasteiger partial charge >= 0.3 is 0 Å². The monoisotopic (exact) mass is 188 g/mol. The van der Waals surface area contributed by atoms with Crippen LogP contribution in [0.5, 0.6) is 0 Å². The number of nitrogens with two attached hydrogens (primary N) is 1. The lowest BCUT2D eigenvalue weighted by Gasteiger charge is -2.02. The van der Waals surface area contributed by atoms with Gasteiger partial charge in [0, 0.05) is 13.0 Å². The number of thiocarbonyl (C=S) groups is 1. The number of unbranched alkanes of at least 4 members (excludes halogenated alkanes) is 2. The molecule has 4 heteroatoms. The van der Waals surface area contributed by atoms with Gasteiger partial charge in [-0.15, -0.1) is 0 Å². The zero-order chi connectivity index (χ0) is 9.40. The fraction of sp³-hybridized carbons (Fsp3) is 0.750. The number of hydrogen-bond acceptors (Lipinski definition) is 2. The van der Waals surface area contributed by atoms with Crippen molar-refractivity contribution in [3.05, 3.63) is 0 Å². The Morgan fingerprint density at radius 1 is 1.42 bits per heavy atom. The molecule has 0 aliphatic carbocycles. The van der Waals surface area contributed by atoms with Crippen LogP contribution in [-0.4, -0.2) is 17.4 Å². The molecule has 0 spiro atoms. The van der Waals surface area contributed by atoms with Crippen molar-refractivity contribution in [2.45, 2.75) is 32.6 Å². The third-order valence-corrected chi connectivity index (χ3v) is 1.62. The topological polar surface area (TPSA) is 55.1 Å². The van der Waals surface area contributed by atoms with Crippen molar-refractivity contribution >= 4 is 23.1 Å². The molecule has 0 rings (SSSR count). The standard InChI is InChI=1S/C8H16N2OS/c1-7(12)10-6-4-2-3-5-8(9)11/h2-6H2,1H3,(H2,9,11)(H,10,12). The zero-order valence-electron chi connectivity index (χ0n) is 7.43. The first-order valence-electron chi connectivity index (χ1n) is 4.15. The Hall–Kier alpha value is -0.640. The molecule has 0 unspecified atom stereocenters. The fourth-order valence-corrected chi connectivity index (χ4v) is 0.967. The van der Waals surface area contributed by atoms with Crippen LogP contribution in [0.15, 0.2) is 0 Å². The maximum Gasteiger partial charge on any atom is 0.217 e. The van der Waals surface area contributed by atoms with E-state index in [0.29, 0.717) is 6.42 Å². The zero-order valence-corrected chi connectivity index (χ0v) is 8.25. The van der Waals surface area contributed by atoms with Crippen LogP contribution in [-0.2, 0) is 4.79 Å². The smallest absolute Gasteiger partial charge is 0.217 e. The van der Waals surface area contributed by atoms with Gasteiger partial charge in [0.15, 0.2) is 0 Å². The van der Waals surface area contributed by atoms with Gasteiger partial charge in [-0.25, -0.2) is 0 Å². The first-order valence-corrected chi connectivity index (χ1v) is 4.56. The molecule has 0 aliphatic rings. The van der Waals surface area contributed by atoms with Gasteiger partial charge in [-0.05, 0) is 19.8 Å². The van der Waals surface area contributed by atoms with Crippen molar-refractivity contribution in [2.75, 3.05) is 6.54 Å². The number of hydrogen-bond donors (Lipinski definition) is 2. The Labute approximate surface area is 78.7 Å². The minimum Gasteiger partial charge on any atom is -0.380 e. The lowest BCUT2D eigenvalue weighted by atomic mass is 10.2. The van der Waals surface area contributed by atoms with Crippen molar-refractivity contribution in [2.24, 2.45) is 5.73 Å². The summed E-state index contributed by atoms with van der Waals surface area (Å²) in [6.07, 6.45) is 3.45. The summed E-state index contributed by atoms with van der Waals surface area (Å²) in [6.45, 7) is 2.76. The minimum atomic E-state index is -0.214. The lowest BCUT2D eigenvalue weighted by Crippen LogP contribution is -2.19. The molecule has 0 saturated carbocycles. The predicted octanol–water partition coefficient (Wildman–Crippen LogP) is 0.969. The Morgan fingerprint density at radius 3 is 2.58 bits per heavy atom. The molecular weight excluding hydrogens is 172 g/mol. The highest BCUT2D eigenvalue weighted by Gasteiger charge is 1.93. The van der Waals surface area contributed by atoms with Gasteiger partial charge in [0.25, 0.3) is 0 Å². The van der Waals surface area contributed by atoms with Crippen LogP contribution in [0.25, 0.3) is 0 Å². The van der Waals surface area contributed by atoms with E-state index in [1.54, 1.807) is 0 Å². The average molecular weight is 188 g/mol. The van der Waals surface area contributed by atoms with Crippen LogP contribution in [0.2, 0.25) is 0 Å². The van der Waals surface area contributed by atoms with Gasteiger partial charge in [0.2, 0.25) is 5.91 Å². The molecule has 0 fully saturated rings. The average Bonchev–Trinajstić information content (AvgIpc) is 1.95. The van der Waals surface area contributed by atoms with Crippen molar-refractivity contribution < 1.29 is 4.79 Å². The quantitative estimate of drug-likeness (QED) is 0.482. The summed E-state index contributed by atoms with van der Waals surface area (Å²) in [5.74, 6) is -0.214. The van der Waals surface area contributed by atoms with E-state index in [9.17, 15) is 4.79 Å². The Bertz CT molecular complexity index is 141. The van der Waals surface area contributed by atoms with E-state index in [4.69, 9.17) is 18.0 Å². The van der Waals surface area contributed by atoms with Crippen LogP contribution in [0, 0.1) is 0 Å². The van der Waals surface area contributed by atoms with E-state index in [2.05, 4.69) is 5.32 Å². The molecule has 3 nitrogen and oxygen atoms in total. The lowest BCUT2D eigenvalue weighted by molar-refractivity contribution is -0.118. The maximum atomic E-state index is 10.3. The summed E-state index contributed by atoms with van der Waals surface area (Å²) in [4.78, 5) is 11.2. The second kappa shape index (κ2) is 7.03. The van der Waals surface area contributed by atoms with Crippen LogP contribution in [0.1, 0.15) is 32.6 Å². The molecule has 0 bridgehead atoms. The number of rotatable bonds is 6. The highest BCUT2D eigenvalue weighted by atomic mass is 32.1. The summed E-state index contributed by atoms with van der Waals surface area (Å²) in [7, 11) is 0. The van der Waals surface area contributed by atoms with Gasteiger partial charge in [-0.3, -0.25) is 4.79 Å². The summed E-state index contributed by atoms with van der Waals surface area (Å²) in [5, 5.41) is 3.05. The molecule has 0 heterocycles. The SMILES string of the molecule is CC(=S)NCCCCCC(N)=O. The molecule has 12 heavy (non-hydrogen) atoms. The largest absolute Gasteiger partial charge is 0.380 e. The summed E-state index contributed by atoms with van der Waals surface area (Å²) in [5.41, 5.74) is 4.98. The van der Waals surface area contributed by atoms with Gasteiger partial charge in [-0.2, -0.15) is 0 Å². The molecule has 0 saturated heterocycles. The molecule has 0 radical (unpaired) electrons. The van der Waals surface area contributed by atoms with E-state index in [1.165, 1.54) is 0 Å². The first kappa shape index (κ1) is 11.4. The van der Waals surface area contributed by atoms with E-state index < -0.39 is 0 Å². The highest BCUT2D eigenvalue weighted by molar-refractivity contribution is 7.80. The number of nitrogens with one attached hydrogen (secondary N) is 1. The van der Waals surface area contributed by atoms with Crippen LogP contribution < -0.4 is 11.1 Å². The number of primary amides is 1. The Morgan fingerprint density at radius 2 is 2.08 bits per heavy atom. The summed E-state index contributed by atoms with van der Waals surface area (Å²) < 4.78 is 0. The van der Waals surface area contributed by atoms with E-state index in [-0.39, 0.29) is 5.91 Å². The normalized spacial score (nSPS) is 9.42. The van der Waals surface area contributed by atoms with Crippen molar-refractivity contribution in [3.8, 4) is 0 Å². The van der Waals surface area contributed by atoms with Crippen LogP contribution in [0.4, 0.5) is 0 Å². The minimum absolute atomic E-state index is 0.214. The highest BCUT2D eigenvalue weighted by Crippen LogP contribution is 1.97. The van der Waals surface area contributed by atoms with Gasteiger partial charge in [-0.1, -0.05) is 18.6 Å². The molecule has 0 atom stereocenters. The molecule has 0 aromatic rings. The van der Waals surface area contributed by atoms with Gasteiger partial charge < -0.3 is 11.1 Å². The van der Waals surface area contributed by atoms with Crippen molar-refractivity contribution in [3.63, 3.8) is 0 Å². The molecular formula is C8H16N2OS. The number of amides is 1. The summed E-state index contributed by atoms with van der Waals surface area (Å²) >= 11 is 4.83. The predicted molar refractivity (Wildman–Crippen MR) is 53.9 cm³/mol. The van der Waals surface area contributed by atoms with Gasteiger partial charge in [0.05, 0.1) is 4.99 Å². The van der Waals surface area contributed by atoms with Crippen LogP contribution in [0.3, 0.4) is 0 Å². The van der Waals surface area contributed by atoms with Gasteiger partial charge in [0.1, 0.15) is 0 Å². The Balaban J connectivity index is 3.01. The number of carbonyl (C=O) groups is 1. The van der Waals surface area contributed by atoms with Crippen molar-refractivity contribution in [1.29, 1.82) is 0 Å². The molecule has 1 amide bonds. The number of carbonyl (C=O) groups excluding carboxylic acids is 1. The molecule has 0 aromatic heterocycles. The molecule has 0 aromatic carbocycles. The second-order valence-corrected chi connectivity index (χ2v) is 3.37. The maximum absolute atomic E-state index is 10.3. The molecule has 3 N–H and O–H groups in total. The van der Waals surface area contributed by atoms with Crippen molar-refractivity contribution in [1.82, 2.24) is 5.32 Å². The Kier molecular flexibility index (Phi) is 6.66. The third kappa shape index (κ3) is 9.36. The third-order valence-electron chi connectivity index (χ3n) is 1.47. The molecule has 0 aliphatic heterocycles.